The van der Waals surface area contributed by atoms with E-state index in [2.05, 4.69) is 37.1 Å². The zero-order chi connectivity index (χ0) is 24.7. The van der Waals surface area contributed by atoms with Crippen LogP contribution in [0.2, 0.25) is 0 Å². The summed E-state index contributed by atoms with van der Waals surface area (Å²) in [6.45, 7) is 7.35. The molecule has 2 saturated heterocycles. The lowest BCUT2D eigenvalue weighted by atomic mass is 9.80. The maximum atomic E-state index is 14.4. The number of alkyl halides is 1. The van der Waals surface area contributed by atoms with Gasteiger partial charge in [0.05, 0.1) is 12.6 Å². The summed E-state index contributed by atoms with van der Waals surface area (Å²) in [5.74, 6) is 2.46. The molecule has 0 aromatic carbocycles. The fraction of sp³-hybridized carbons (Fsp3) is 0.520. The molecular formula is C25H32FN7O2. The third-order valence-corrected chi connectivity index (χ3v) is 7.12. The average Bonchev–Trinajstić information content (AvgIpc) is 2.83. The van der Waals surface area contributed by atoms with Crippen LogP contribution in [0.4, 0.5) is 27.8 Å². The molecule has 35 heavy (non-hydrogen) atoms. The van der Waals surface area contributed by atoms with Crippen LogP contribution in [0.3, 0.4) is 0 Å². The van der Waals surface area contributed by atoms with E-state index < -0.39 is 17.7 Å². The molecule has 0 amide bonds. The van der Waals surface area contributed by atoms with Gasteiger partial charge in [-0.25, -0.2) is 19.3 Å². The van der Waals surface area contributed by atoms with Gasteiger partial charge >= 0.3 is 0 Å². The highest BCUT2D eigenvalue weighted by molar-refractivity contribution is 5.95. The number of hydrogen-bond acceptors (Lipinski definition) is 9. The third-order valence-electron chi connectivity index (χ3n) is 7.12. The van der Waals surface area contributed by atoms with Crippen LogP contribution in [0, 0.1) is 5.41 Å². The molecule has 2 aliphatic rings. The van der Waals surface area contributed by atoms with Crippen LogP contribution in [-0.2, 0) is 6.42 Å². The van der Waals surface area contributed by atoms with Crippen molar-refractivity contribution in [3.05, 3.63) is 36.3 Å². The van der Waals surface area contributed by atoms with Crippen molar-refractivity contribution in [3.63, 3.8) is 0 Å². The van der Waals surface area contributed by atoms with Gasteiger partial charge in [-0.2, -0.15) is 4.98 Å². The highest BCUT2D eigenvalue weighted by atomic mass is 19.1. The minimum atomic E-state index is -1.37. The van der Waals surface area contributed by atoms with Crippen molar-refractivity contribution in [3.8, 4) is 0 Å². The largest absolute Gasteiger partial charge is 0.396 e. The number of fused-ring (bicyclic) bond motifs is 1. The molecule has 2 aliphatic heterocycles. The molecule has 2 fully saturated rings. The number of nitrogens with one attached hydrogen (secondary N) is 1. The summed E-state index contributed by atoms with van der Waals surface area (Å²) in [5, 5.41) is 24.9. The van der Waals surface area contributed by atoms with Crippen LogP contribution in [0.1, 0.15) is 32.8 Å². The van der Waals surface area contributed by atoms with E-state index in [0.717, 1.165) is 35.1 Å². The van der Waals surface area contributed by atoms with Gasteiger partial charge in [0, 0.05) is 55.1 Å². The Kier molecular flexibility index (Phi) is 6.18. The van der Waals surface area contributed by atoms with Gasteiger partial charge in [-0.05, 0) is 42.8 Å². The van der Waals surface area contributed by atoms with Gasteiger partial charge < -0.3 is 25.3 Å². The van der Waals surface area contributed by atoms with Crippen LogP contribution in [0.25, 0.3) is 10.8 Å². The molecule has 0 bridgehead atoms. The molecule has 0 radical (unpaired) electrons. The van der Waals surface area contributed by atoms with Gasteiger partial charge in [0.25, 0.3) is 0 Å². The van der Waals surface area contributed by atoms with Gasteiger partial charge in [0.1, 0.15) is 23.6 Å². The van der Waals surface area contributed by atoms with E-state index in [9.17, 15) is 14.6 Å². The number of hydrogen-bond donors (Lipinski definition) is 3. The molecule has 3 atom stereocenters. The lowest BCUT2D eigenvalue weighted by molar-refractivity contribution is -0.0257. The summed E-state index contributed by atoms with van der Waals surface area (Å²) in [5.41, 5.74) is 0.337. The smallest absolute Gasteiger partial charge is 0.227 e. The maximum absolute atomic E-state index is 14.4. The number of rotatable bonds is 6. The Hall–Kier alpha value is -3.11. The lowest BCUT2D eigenvalue weighted by Crippen LogP contribution is -2.55. The number of pyridine rings is 2. The number of piperidine rings is 1. The third kappa shape index (κ3) is 4.48. The monoisotopic (exact) mass is 481 g/mol. The Morgan fingerprint density at radius 1 is 1.17 bits per heavy atom. The van der Waals surface area contributed by atoms with Gasteiger partial charge in [-0.3, -0.25) is 0 Å². The fourth-order valence-corrected chi connectivity index (χ4v) is 4.93. The van der Waals surface area contributed by atoms with Gasteiger partial charge in [-0.15, -0.1) is 0 Å². The summed E-state index contributed by atoms with van der Waals surface area (Å²) < 4.78 is 14.4. The predicted octanol–water partition coefficient (Wildman–Crippen LogP) is 2.84. The molecular weight excluding hydrogens is 449 g/mol. The molecule has 0 spiro atoms. The van der Waals surface area contributed by atoms with E-state index in [1.54, 1.807) is 17.2 Å². The molecule has 10 heteroatoms. The van der Waals surface area contributed by atoms with E-state index in [4.69, 9.17) is 0 Å². The van der Waals surface area contributed by atoms with Crippen LogP contribution in [0.5, 0.6) is 0 Å². The number of halogens is 1. The first-order valence-electron chi connectivity index (χ1n) is 12.1. The van der Waals surface area contributed by atoms with Gasteiger partial charge in [0.2, 0.25) is 5.95 Å². The van der Waals surface area contributed by atoms with Crippen molar-refractivity contribution in [2.24, 2.45) is 5.41 Å². The van der Waals surface area contributed by atoms with Crippen molar-refractivity contribution in [1.29, 1.82) is 0 Å². The molecule has 9 nitrogen and oxygen atoms in total. The van der Waals surface area contributed by atoms with E-state index >= 15 is 0 Å². The SMILES string of the molecule is C[C@@H]1CCN1c1ncc(CCO)c2cc(Nc3ccnc(N4C[C@H](F)[C@H](O)C(C)(C)C4)n3)ncc12. The van der Waals surface area contributed by atoms with Crippen LogP contribution < -0.4 is 15.1 Å². The first kappa shape index (κ1) is 23.6. The Balaban J connectivity index is 1.43. The quantitative estimate of drug-likeness (QED) is 0.489. The Morgan fingerprint density at radius 2 is 2.00 bits per heavy atom. The second kappa shape index (κ2) is 9.16. The lowest BCUT2D eigenvalue weighted by Gasteiger charge is -2.43. The molecule has 0 unspecified atom stereocenters. The summed E-state index contributed by atoms with van der Waals surface area (Å²) in [4.78, 5) is 22.2. The summed E-state index contributed by atoms with van der Waals surface area (Å²) in [6.07, 6.45) is 4.53. The molecule has 3 N–H and O–H groups in total. The molecule has 0 saturated carbocycles. The van der Waals surface area contributed by atoms with Gasteiger partial charge in [-0.1, -0.05) is 13.8 Å². The molecule has 3 aromatic heterocycles. The number of aromatic nitrogens is 4. The van der Waals surface area contributed by atoms with Crippen molar-refractivity contribution < 1.29 is 14.6 Å². The van der Waals surface area contributed by atoms with Crippen LogP contribution >= 0.6 is 0 Å². The molecule has 5 rings (SSSR count). The van der Waals surface area contributed by atoms with Crippen LogP contribution in [0.15, 0.2) is 30.7 Å². The zero-order valence-corrected chi connectivity index (χ0v) is 20.3. The molecule has 5 heterocycles. The number of aliphatic hydroxyl groups excluding tert-OH is 2. The standard InChI is InChI=1S/C25H32FN7O2/c1-15-5-8-33(15)23-18-12-28-21(10-17(18)16(6-9-34)11-29-23)30-20-4-7-27-24(31-20)32-13-19(26)22(35)25(2,3)14-32/h4,7,10-12,15,19,22,34-35H,5-6,8-9,13-14H2,1-3H3,(H,27,28,30,31)/t15-,19+,22+/m1/s1. The van der Waals surface area contributed by atoms with E-state index in [1.807, 2.05) is 32.3 Å². The minimum Gasteiger partial charge on any atom is -0.396 e. The van der Waals surface area contributed by atoms with Crippen molar-refractivity contribution in [2.75, 3.05) is 41.4 Å². The van der Waals surface area contributed by atoms with E-state index in [0.29, 0.717) is 36.6 Å². The number of nitrogens with zero attached hydrogens (tertiary/aromatic N) is 6. The predicted molar refractivity (Wildman–Crippen MR) is 134 cm³/mol. The number of anilines is 4. The Morgan fingerprint density at radius 3 is 2.69 bits per heavy atom. The Bertz CT molecular complexity index is 1220. The zero-order valence-electron chi connectivity index (χ0n) is 20.3. The van der Waals surface area contributed by atoms with E-state index in [-0.39, 0.29) is 13.2 Å². The normalized spacial score (nSPS) is 23.9. The maximum Gasteiger partial charge on any atom is 0.227 e. The Labute approximate surface area is 204 Å². The fourth-order valence-electron chi connectivity index (χ4n) is 4.93. The van der Waals surface area contributed by atoms with Crippen LogP contribution in [-0.4, -0.2) is 74.7 Å². The second-order valence-electron chi connectivity index (χ2n) is 10.2. The highest BCUT2D eigenvalue weighted by Gasteiger charge is 2.42. The van der Waals surface area contributed by atoms with E-state index in [1.165, 1.54) is 0 Å². The average molecular weight is 482 g/mol. The summed E-state index contributed by atoms with van der Waals surface area (Å²) in [6, 6.07) is 4.13. The molecule has 3 aromatic rings. The molecule has 0 aliphatic carbocycles. The number of aliphatic hydroxyl groups is 2. The van der Waals surface area contributed by atoms with Crippen molar-refractivity contribution >= 4 is 34.2 Å². The highest BCUT2D eigenvalue weighted by Crippen LogP contribution is 2.35. The summed E-state index contributed by atoms with van der Waals surface area (Å²) >= 11 is 0. The first-order chi connectivity index (χ1) is 16.8. The van der Waals surface area contributed by atoms with Crippen molar-refractivity contribution in [2.45, 2.75) is 51.9 Å². The van der Waals surface area contributed by atoms with Crippen molar-refractivity contribution in [1.82, 2.24) is 19.9 Å². The molecule has 186 valence electrons. The summed E-state index contributed by atoms with van der Waals surface area (Å²) in [7, 11) is 0. The van der Waals surface area contributed by atoms with Gasteiger partial charge in [0.15, 0.2) is 0 Å². The first-order valence-corrected chi connectivity index (χ1v) is 12.1. The topological polar surface area (TPSA) is 111 Å². The second-order valence-corrected chi connectivity index (χ2v) is 10.2. The minimum absolute atomic E-state index is 0.0348.